The van der Waals surface area contributed by atoms with Crippen molar-refractivity contribution in [3.8, 4) is 0 Å². The van der Waals surface area contributed by atoms with Crippen LogP contribution in [0.4, 0.5) is 0 Å². The molecule has 3 aromatic rings. The molecule has 2 fully saturated rings. The van der Waals surface area contributed by atoms with E-state index in [1.54, 1.807) is 0 Å². The highest BCUT2D eigenvalue weighted by molar-refractivity contribution is 6.30. The first-order valence-corrected chi connectivity index (χ1v) is 19.0. The van der Waals surface area contributed by atoms with E-state index in [-0.39, 0.29) is 17.9 Å². The fourth-order valence-corrected chi connectivity index (χ4v) is 8.26. The van der Waals surface area contributed by atoms with Crippen molar-refractivity contribution in [3.05, 3.63) is 106 Å². The first kappa shape index (κ1) is 35.6. The Labute approximate surface area is 298 Å². The number of halogens is 1. The number of hydrogen-bond donors (Lipinski definition) is 3. The lowest BCUT2D eigenvalue weighted by atomic mass is 9.81. The number of nitrogens with one attached hydrogen (secondary N) is 3. The number of benzene rings is 3. The Hall–Kier alpha value is -3.23. The Morgan fingerprint density at radius 2 is 1.53 bits per heavy atom. The number of fused-ring (bicyclic) bond motifs is 1. The highest BCUT2D eigenvalue weighted by atomic mass is 35.5. The van der Waals surface area contributed by atoms with Crippen molar-refractivity contribution in [1.29, 1.82) is 0 Å². The van der Waals surface area contributed by atoms with E-state index < -0.39 is 6.04 Å². The minimum atomic E-state index is -0.628. The molecule has 7 nitrogen and oxygen atoms in total. The number of nitrogens with zero attached hydrogens (tertiary/aromatic N) is 2. The lowest BCUT2D eigenvalue weighted by Crippen LogP contribution is -2.59. The minimum absolute atomic E-state index is 0.0119. The molecule has 1 aliphatic carbocycles. The molecule has 0 bridgehead atoms. The Balaban J connectivity index is 1.05. The van der Waals surface area contributed by atoms with Gasteiger partial charge in [0.15, 0.2) is 0 Å². The number of rotatable bonds is 14. The second-order valence-electron chi connectivity index (χ2n) is 14.3. The third-order valence-electron chi connectivity index (χ3n) is 10.9. The van der Waals surface area contributed by atoms with Crippen LogP contribution in [-0.2, 0) is 35.5 Å². The van der Waals surface area contributed by atoms with Crippen LogP contribution in [0.15, 0.2) is 78.9 Å². The monoisotopic (exact) mass is 683 g/mol. The predicted molar refractivity (Wildman–Crippen MR) is 198 cm³/mol. The van der Waals surface area contributed by atoms with Crippen LogP contribution in [0.2, 0.25) is 5.02 Å². The number of hydrogen-bond acceptors (Lipinski definition) is 5. The molecule has 0 spiro atoms. The molecular weight excluding hydrogens is 630 g/mol. The molecule has 2 aliphatic heterocycles. The number of piperazine rings is 1. The fraction of sp³-hybridized carbons (Fsp3) is 0.512. The average molecular weight is 684 g/mol. The number of carbonyl (C=O) groups is 2. The van der Waals surface area contributed by atoms with Crippen LogP contribution in [0, 0.1) is 5.92 Å². The third kappa shape index (κ3) is 10.2. The van der Waals surface area contributed by atoms with E-state index in [0.29, 0.717) is 43.5 Å². The topological polar surface area (TPSA) is 76.7 Å². The molecule has 49 heavy (non-hydrogen) atoms. The molecule has 1 saturated heterocycles. The van der Waals surface area contributed by atoms with Crippen LogP contribution in [0.3, 0.4) is 0 Å². The maximum atomic E-state index is 14.2. The zero-order valence-electron chi connectivity index (χ0n) is 28.9. The second-order valence-corrected chi connectivity index (χ2v) is 14.7. The lowest BCUT2D eigenvalue weighted by Gasteiger charge is -2.44. The smallest absolute Gasteiger partial charge is 0.245 e. The van der Waals surface area contributed by atoms with E-state index in [4.69, 9.17) is 11.6 Å². The van der Waals surface area contributed by atoms with Gasteiger partial charge in [-0.25, -0.2) is 0 Å². The van der Waals surface area contributed by atoms with Gasteiger partial charge in [0.2, 0.25) is 11.8 Å². The highest BCUT2D eigenvalue weighted by Crippen LogP contribution is 2.32. The number of carbonyl (C=O) groups excluding carboxylic acids is 2. The minimum Gasteiger partial charge on any atom is -0.343 e. The lowest BCUT2D eigenvalue weighted by molar-refractivity contribution is -0.138. The normalized spacial score (nSPS) is 19.9. The van der Waals surface area contributed by atoms with Gasteiger partial charge < -0.3 is 20.9 Å². The molecule has 8 heteroatoms. The summed E-state index contributed by atoms with van der Waals surface area (Å²) in [5, 5.41) is 10.8. The Morgan fingerprint density at radius 1 is 0.816 bits per heavy atom. The van der Waals surface area contributed by atoms with Crippen LogP contribution >= 0.6 is 11.6 Å². The molecule has 2 unspecified atom stereocenters. The Morgan fingerprint density at radius 3 is 2.29 bits per heavy atom. The molecule has 2 amide bonds. The standard InChI is InChI=1S/C41H54ClN5O2/c42-36-20-18-31(19-21-36)27-38(45-40(48)37-28-34-15-7-8-16-35(34)30-44-37)41(49)47-25-23-46(24-26-47)39(33-13-5-2-6-14-33)17-9-10-22-43-29-32-11-3-1-4-12-32/h1,3-4,7-8,11-12,15-16,18-21,33,37-39,43-44H,2,5-6,9-10,13-14,17,22-30H2,(H,45,48)/t37-,38?,39?/m1/s1. The largest absolute Gasteiger partial charge is 0.343 e. The van der Waals surface area contributed by atoms with Crippen molar-refractivity contribution < 1.29 is 9.59 Å². The molecule has 0 radical (unpaired) electrons. The highest BCUT2D eigenvalue weighted by Gasteiger charge is 2.35. The number of unbranched alkanes of at least 4 members (excludes halogenated alkanes) is 1. The molecule has 2 heterocycles. The van der Waals surface area contributed by atoms with Gasteiger partial charge in [-0.2, -0.15) is 0 Å². The number of amides is 2. The summed E-state index contributed by atoms with van der Waals surface area (Å²) < 4.78 is 0. The van der Waals surface area contributed by atoms with Gasteiger partial charge >= 0.3 is 0 Å². The molecule has 3 aliphatic rings. The summed E-state index contributed by atoms with van der Waals surface area (Å²) in [5.74, 6) is 0.646. The van der Waals surface area contributed by atoms with E-state index in [0.717, 1.165) is 37.7 Å². The van der Waals surface area contributed by atoms with Gasteiger partial charge in [0.1, 0.15) is 6.04 Å². The van der Waals surface area contributed by atoms with Crippen molar-refractivity contribution in [2.45, 2.75) is 95.4 Å². The summed E-state index contributed by atoms with van der Waals surface area (Å²) >= 11 is 6.17. The molecule has 0 aromatic heterocycles. The molecule has 3 N–H and O–H groups in total. The molecule has 6 rings (SSSR count). The fourth-order valence-electron chi connectivity index (χ4n) is 8.13. The first-order chi connectivity index (χ1) is 24.0. The summed E-state index contributed by atoms with van der Waals surface area (Å²) in [5.41, 5.74) is 4.74. The molecule has 1 saturated carbocycles. The van der Waals surface area contributed by atoms with Crippen LogP contribution in [-0.4, -0.2) is 72.5 Å². The van der Waals surface area contributed by atoms with E-state index in [9.17, 15) is 9.59 Å². The van der Waals surface area contributed by atoms with Crippen LogP contribution in [0.1, 0.15) is 73.6 Å². The van der Waals surface area contributed by atoms with Crippen molar-refractivity contribution in [1.82, 2.24) is 25.8 Å². The van der Waals surface area contributed by atoms with Gasteiger partial charge in [-0.15, -0.1) is 0 Å². The predicted octanol–water partition coefficient (Wildman–Crippen LogP) is 6.14. The van der Waals surface area contributed by atoms with E-state index in [1.807, 2.05) is 41.3 Å². The Kier molecular flexibility index (Phi) is 13.2. The molecular formula is C41H54ClN5O2. The molecule has 262 valence electrons. The van der Waals surface area contributed by atoms with Crippen molar-refractivity contribution >= 4 is 23.4 Å². The maximum Gasteiger partial charge on any atom is 0.245 e. The van der Waals surface area contributed by atoms with Gasteiger partial charge in [0.05, 0.1) is 6.04 Å². The first-order valence-electron chi connectivity index (χ1n) is 18.7. The van der Waals surface area contributed by atoms with Crippen molar-refractivity contribution in [2.75, 3.05) is 32.7 Å². The zero-order chi connectivity index (χ0) is 33.8. The molecule has 3 aromatic carbocycles. The second kappa shape index (κ2) is 18.1. The zero-order valence-corrected chi connectivity index (χ0v) is 29.7. The van der Waals surface area contributed by atoms with Crippen molar-refractivity contribution in [3.63, 3.8) is 0 Å². The van der Waals surface area contributed by atoms with Gasteiger partial charge in [-0.05, 0) is 79.0 Å². The summed E-state index contributed by atoms with van der Waals surface area (Å²) in [6, 6.07) is 26.1. The van der Waals surface area contributed by atoms with Crippen LogP contribution in [0.25, 0.3) is 0 Å². The van der Waals surface area contributed by atoms with Gasteiger partial charge in [0, 0.05) is 56.8 Å². The average Bonchev–Trinajstić information content (AvgIpc) is 3.15. The molecule has 3 atom stereocenters. The van der Waals surface area contributed by atoms with Gasteiger partial charge in [-0.1, -0.05) is 104 Å². The SMILES string of the molecule is O=C(NC(Cc1ccc(Cl)cc1)C(=O)N1CCN(C(CCCCNCc2ccccc2)C2CCCCC2)CC1)[C@H]1Cc2ccccc2CN1. The van der Waals surface area contributed by atoms with E-state index in [2.05, 4.69) is 63.3 Å². The summed E-state index contributed by atoms with van der Waals surface area (Å²) in [6.07, 6.45) is 11.4. The summed E-state index contributed by atoms with van der Waals surface area (Å²) in [4.78, 5) is 32.5. The Bertz CT molecular complexity index is 1470. The van der Waals surface area contributed by atoms with E-state index in [1.165, 1.54) is 68.1 Å². The van der Waals surface area contributed by atoms with Crippen LogP contribution < -0.4 is 16.0 Å². The van der Waals surface area contributed by atoms with Crippen molar-refractivity contribution in [2.24, 2.45) is 5.92 Å². The quantitative estimate of drug-likeness (QED) is 0.178. The third-order valence-corrected chi connectivity index (χ3v) is 11.2. The maximum absolute atomic E-state index is 14.2. The van der Waals surface area contributed by atoms with Gasteiger partial charge in [0.25, 0.3) is 0 Å². The van der Waals surface area contributed by atoms with Gasteiger partial charge in [-0.3, -0.25) is 14.5 Å². The summed E-state index contributed by atoms with van der Waals surface area (Å²) in [7, 11) is 0. The van der Waals surface area contributed by atoms with Crippen LogP contribution in [0.5, 0.6) is 0 Å². The summed E-state index contributed by atoms with van der Waals surface area (Å²) in [6.45, 7) is 5.79. The van der Waals surface area contributed by atoms with E-state index >= 15 is 0 Å².